The standard InChI is InChI=1S/C11H26NO2/c1-3-5-7-12(6-4-2,8-10-13)9-11-14/h13-14H,3-11H2,1-2H3/q+1. The fourth-order valence-electron chi connectivity index (χ4n) is 2.06. The molecule has 0 radical (unpaired) electrons. The maximum absolute atomic E-state index is 9.06. The Bertz CT molecular complexity index is 111. The molecule has 14 heavy (non-hydrogen) atoms. The van der Waals surface area contributed by atoms with E-state index in [2.05, 4.69) is 13.8 Å². The minimum atomic E-state index is 0.226. The lowest BCUT2D eigenvalue weighted by Crippen LogP contribution is -2.52. The summed E-state index contributed by atoms with van der Waals surface area (Å²) in [6.45, 7) is 8.52. The molecule has 0 aromatic heterocycles. The second-order valence-corrected chi connectivity index (χ2v) is 4.04. The molecule has 0 amide bonds. The van der Waals surface area contributed by atoms with Crippen LogP contribution in [0.3, 0.4) is 0 Å². The molecule has 3 heteroatoms. The Labute approximate surface area is 87.9 Å². The van der Waals surface area contributed by atoms with Gasteiger partial charge in [0.25, 0.3) is 0 Å². The molecule has 0 atom stereocenters. The molecule has 0 aromatic carbocycles. The lowest BCUT2D eigenvalue weighted by atomic mass is 10.2. The van der Waals surface area contributed by atoms with E-state index in [0.29, 0.717) is 0 Å². The van der Waals surface area contributed by atoms with Crippen LogP contribution in [0, 0.1) is 0 Å². The molecule has 86 valence electrons. The molecule has 0 rings (SSSR count). The Hall–Kier alpha value is -0.120. The number of quaternary nitrogens is 1. The summed E-state index contributed by atoms with van der Waals surface area (Å²) in [6.07, 6.45) is 3.48. The predicted octanol–water partition coefficient (Wildman–Crippen LogP) is 0.998. The molecule has 2 N–H and O–H groups in total. The van der Waals surface area contributed by atoms with Crippen LogP contribution in [0.25, 0.3) is 0 Å². The van der Waals surface area contributed by atoms with Gasteiger partial charge in [0, 0.05) is 0 Å². The summed E-state index contributed by atoms with van der Waals surface area (Å²) in [6, 6.07) is 0. The van der Waals surface area contributed by atoms with Crippen LogP contribution in [0.2, 0.25) is 0 Å². The van der Waals surface area contributed by atoms with Crippen LogP contribution >= 0.6 is 0 Å². The quantitative estimate of drug-likeness (QED) is 0.550. The SMILES string of the molecule is CCCC[N+](CCC)(CCO)CCO. The smallest absolute Gasteiger partial charge is 0.102 e. The van der Waals surface area contributed by atoms with Crippen LogP contribution in [-0.2, 0) is 0 Å². The molecule has 0 spiro atoms. The second-order valence-electron chi connectivity index (χ2n) is 4.04. The highest BCUT2D eigenvalue weighted by Crippen LogP contribution is 2.10. The molecule has 0 fully saturated rings. The second kappa shape index (κ2) is 8.21. The van der Waals surface area contributed by atoms with Gasteiger partial charge in [-0.25, -0.2) is 0 Å². The molecule has 0 bridgehead atoms. The molecule has 0 aliphatic heterocycles. The number of aliphatic hydroxyl groups excluding tert-OH is 2. The number of unbranched alkanes of at least 4 members (excludes halogenated alkanes) is 1. The van der Waals surface area contributed by atoms with E-state index in [0.717, 1.165) is 37.1 Å². The third kappa shape index (κ3) is 4.94. The third-order valence-corrected chi connectivity index (χ3v) is 2.83. The Morgan fingerprint density at radius 3 is 1.71 bits per heavy atom. The van der Waals surface area contributed by atoms with Crippen molar-refractivity contribution in [1.82, 2.24) is 0 Å². The molecule has 0 saturated carbocycles. The number of nitrogens with zero attached hydrogens (tertiary/aromatic N) is 1. The van der Waals surface area contributed by atoms with Crippen LogP contribution < -0.4 is 0 Å². The van der Waals surface area contributed by atoms with Gasteiger partial charge in [0.05, 0.1) is 26.3 Å². The van der Waals surface area contributed by atoms with Crippen molar-refractivity contribution in [2.75, 3.05) is 39.4 Å². The molecule has 0 aliphatic carbocycles. The maximum atomic E-state index is 9.06. The number of aliphatic hydroxyl groups is 2. The zero-order chi connectivity index (χ0) is 10.9. The Kier molecular flexibility index (Phi) is 8.14. The highest BCUT2D eigenvalue weighted by Gasteiger charge is 2.24. The third-order valence-electron chi connectivity index (χ3n) is 2.83. The van der Waals surface area contributed by atoms with Crippen molar-refractivity contribution < 1.29 is 14.7 Å². The monoisotopic (exact) mass is 204 g/mol. The summed E-state index contributed by atoms with van der Waals surface area (Å²) in [5, 5.41) is 18.1. The maximum Gasteiger partial charge on any atom is 0.102 e. The lowest BCUT2D eigenvalue weighted by molar-refractivity contribution is -0.929. The van der Waals surface area contributed by atoms with Crippen LogP contribution in [0.15, 0.2) is 0 Å². The minimum Gasteiger partial charge on any atom is -0.391 e. The van der Waals surface area contributed by atoms with Crippen LogP contribution in [-0.4, -0.2) is 54.1 Å². The van der Waals surface area contributed by atoms with E-state index in [1.54, 1.807) is 0 Å². The van der Waals surface area contributed by atoms with Crippen molar-refractivity contribution in [3.63, 3.8) is 0 Å². The van der Waals surface area contributed by atoms with E-state index in [1.807, 2.05) is 0 Å². The van der Waals surface area contributed by atoms with Crippen molar-refractivity contribution in [2.45, 2.75) is 33.1 Å². The van der Waals surface area contributed by atoms with Crippen LogP contribution in [0.1, 0.15) is 33.1 Å². The van der Waals surface area contributed by atoms with E-state index in [9.17, 15) is 0 Å². The van der Waals surface area contributed by atoms with Crippen LogP contribution in [0.5, 0.6) is 0 Å². The largest absolute Gasteiger partial charge is 0.391 e. The van der Waals surface area contributed by atoms with Gasteiger partial charge < -0.3 is 14.7 Å². The number of rotatable bonds is 9. The summed E-state index contributed by atoms with van der Waals surface area (Å²) in [5.41, 5.74) is 0. The van der Waals surface area contributed by atoms with Crippen molar-refractivity contribution in [2.24, 2.45) is 0 Å². The van der Waals surface area contributed by atoms with E-state index >= 15 is 0 Å². The van der Waals surface area contributed by atoms with Crippen molar-refractivity contribution in [3.8, 4) is 0 Å². The van der Waals surface area contributed by atoms with Crippen LogP contribution in [0.4, 0.5) is 0 Å². The van der Waals surface area contributed by atoms with Crippen molar-refractivity contribution in [1.29, 1.82) is 0 Å². The Morgan fingerprint density at radius 1 is 0.786 bits per heavy atom. The zero-order valence-electron chi connectivity index (χ0n) is 9.71. The molecule has 0 heterocycles. The summed E-state index contributed by atoms with van der Waals surface area (Å²) in [5.74, 6) is 0. The highest BCUT2D eigenvalue weighted by molar-refractivity contribution is 4.45. The van der Waals surface area contributed by atoms with E-state index in [1.165, 1.54) is 12.8 Å². The van der Waals surface area contributed by atoms with E-state index < -0.39 is 0 Å². The lowest BCUT2D eigenvalue weighted by Gasteiger charge is -2.37. The van der Waals surface area contributed by atoms with E-state index in [4.69, 9.17) is 10.2 Å². The first kappa shape index (κ1) is 13.9. The van der Waals surface area contributed by atoms with Gasteiger partial charge in [-0.2, -0.15) is 0 Å². The fourth-order valence-corrected chi connectivity index (χ4v) is 2.06. The molecule has 0 aromatic rings. The average Bonchev–Trinajstić information content (AvgIpc) is 2.16. The molecule has 0 unspecified atom stereocenters. The molecular formula is C11H26NO2+. The van der Waals surface area contributed by atoms with Crippen molar-refractivity contribution >= 4 is 0 Å². The highest BCUT2D eigenvalue weighted by atomic mass is 16.3. The molecular weight excluding hydrogens is 178 g/mol. The molecule has 0 aliphatic rings. The van der Waals surface area contributed by atoms with Gasteiger partial charge in [-0.1, -0.05) is 20.3 Å². The number of hydrogen-bond donors (Lipinski definition) is 2. The van der Waals surface area contributed by atoms with Gasteiger partial charge in [-0.15, -0.1) is 0 Å². The zero-order valence-corrected chi connectivity index (χ0v) is 9.71. The van der Waals surface area contributed by atoms with Gasteiger partial charge in [-0.3, -0.25) is 0 Å². The minimum absolute atomic E-state index is 0.226. The molecule has 0 saturated heterocycles. The first-order valence-electron chi connectivity index (χ1n) is 5.81. The first-order valence-corrected chi connectivity index (χ1v) is 5.81. The average molecular weight is 204 g/mol. The summed E-state index contributed by atoms with van der Waals surface area (Å²) in [4.78, 5) is 0. The predicted molar refractivity (Wildman–Crippen MR) is 59.1 cm³/mol. The van der Waals surface area contributed by atoms with Gasteiger partial charge in [-0.05, 0) is 12.8 Å². The number of hydrogen-bond acceptors (Lipinski definition) is 2. The van der Waals surface area contributed by atoms with Gasteiger partial charge in [0.1, 0.15) is 13.1 Å². The van der Waals surface area contributed by atoms with Gasteiger partial charge in [0.15, 0.2) is 0 Å². The first-order chi connectivity index (χ1) is 6.74. The summed E-state index contributed by atoms with van der Waals surface area (Å²) in [7, 11) is 0. The van der Waals surface area contributed by atoms with Crippen molar-refractivity contribution in [3.05, 3.63) is 0 Å². The van der Waals surface area contributed by atoms with E-state index in [-0.39, 0.29) is 13.2 Å². The van der Waals surface area contributed by atoms with Gasteiger partial charge >= 0.3 is 0 Å². The molecule has 3 nitrogen and oxygen atoms in total. The summed E-state index contributed by atoms with van der Waals surface area (Å²) >= 11 is 0. The Morgan fingerprint density at radius 2 is 1.36 bits per heavy atom. The summed E-state index contributed by atoms with van der Waals surface area (Å²) < 4.78 is 0.886. The Balaban J connectivity index is 4.21. The van der Waals surface area contributed by atoms with Gasteiger partial charge in [0.2, 0.25) is 0 Å². The normalized spacial score (nSPS) is 12.0. The topological polar surface area (TPSA) is 40.5 Å². The fraction of sp³-hybridized carbons (Fsp3) is 1.00.